The van der Waals surface area contributed by atoms with Crippen molar-refractivity contribution in [3.63, 3.8) is 0 Å². The summed E-state index contributed by atoms with van der Waals surface area (Å²) in [5.41, 5.74) is 1.79. The number of methoxy groups -OCH3 is 1. The van der Waals surface area contributed by atoms with Crippen molar-refractivity contribution in [1.29, 1.82) is 0 Å². The third-order valence-corrected chi connectivity index (χ3v) is 3.37. The van der Waals surface area contributed by atoms with E-state index in [1.807, 2.05) is 24.4 Å². The zero-order chi connectivity index (χ0) is 11.4. The molecule has 0 bridgehead atoms. The number of aromatic nitrogens is 1. The molecule has 2 aromatic rings. The van der Waals surface area contributed by atoms with Crippen LogP contribution in [0.5, 0.6) is 11.5 Å². The summed E-state index contributed by atoms with van der Waals surface area (Å²) in [7, 11) is 1.64. The molecular formula is C11H10BrNO2S. The second kappa shape index (κ2) is 5.32. The first-order chi connectivity index (χ1) is 7.79. The summed E-state index contributed by atoms with van der Waals surface area (Å²) >= 11 is 5.01. The molecule has 3 nitrogen and oxygen atoms in total. The smallest absolute Gasteiger partial charge is 0.134 e. The Labute approximate surface area is 106 Å². The van der Waals surface area contributed by atoms with Gasteiger partial charge in [-0.05, 0) is 34.1 Å². The highest BCUT2D eigenvalue weighted by atomic mass is 79.9. The first-order valence-corrected chi connectivity index (χ1v) is 6.30. The van der Waals surface area contributed by atoms with Gasteiger partial charge in [-0.3, -0.25) is 4.98 Å². The molecule has 0 N–H and O–H groups in total. The first kappa shape index (κ1) is 11.4. The molecule has 16 heavy (non-hydrogen) atoms. The molecule has 0 aliphatic rings. The number of ether oxygens (including phenoxy) is 2. The summed E-state index contributed by atoms with van der Waals surface area (Å²) in [6.45, 7) is 0.537. The van der Waals surface area contributed by atoms with E-state index in [2.05, 4.69) is 20.9 Å². The van der Waals surface area contributed by atoms with Gasteiger partial charge in [0.05, 0.1) is 22.0 Å². The Balaban J connectivity index is 2.04. The maximum absolute atomic E-state index is 5.65. The fourth-order valence-electron chi connectivity index (χ4n) is 1.19. The van der Waals surface area contributed by atoms with Crippen molar-refractivity contribution < 1.29 is 9.47 Å². The average molecular weight is 300 g/mol. The molecule has 5 heteroatoms. The standard InChI is InChI=1S/C11H10BrNO2S/c1-14-8-2-3-11(10(12)4-8)15-6-9-5-13-7-16-9/h2-5,7H,6H2,1H3. The van der Waals surface area contributed by atoms with Crippen LogP contribution >= 0.6 is 27.3 Å². The quantitative estimate of drug-likeness (QED) is 0.866. The predicted molar refractivity (Wildman–Crippen MR) is 67.1 cm³/mol. The van der Waals surface area contributed by atoms with E-state index >= 15 is 0 Å². The Morgan fingerprint density at radius 3 is 2.94 bits per heavy atom. The van der Waals surface area contributed by atoms with Crippen molar-refractivity contribution in [2.45, 2.75) is 6.61 Å². The maximum atomic E-state index is 5.65. The summed E-state index contributed by atoms with van der Waals surface area (Å²) in [6.07, 6.45) is 1.81. The van der Waals surface area contributed by atoms with Crippen LogP contribution in [0.25, 0.3) is 0 Å². The van der Waals surface area contributed by atoms with Gasteiger partial charge in [0.25, 0.3) is 0 Å². The van der Waals surface area contributed by atoms with E-state index in [1.54, 1.807) is 24.0 Å². The Hall–Kier alpha value is -1.07. The molecule has 84 valence electrons. The minimum absolute atomic E-state index is 0.537. The fourth-order valence-corrected chi connectivity index (χ4v) is 2.17. The van der Waals surface area contributed by atoms with Gasteiger partial charge in [-0.1, -0.05) is 0 Å². The van der Waals surface area contributed by atoms with Crippen LogP contribution in [-0.2, 0) is 6.61 Å². The number of hydrogen-bond acceptors (Lipinski definition) is 4. The highest BCUT2D eigenvalue weighted by Gasteiger charge is 2.03. The lowest BCUT2D eigenvalue weighted by Crippen LogP contribution is -1.94. The van der Waals surface area contributed by atoms with Crippen molar-refractivity contribution in [3.8, 4) is 11.5 Å². The largest absolute Gasteiger partial charge is 0.497 e. The number of hydrogen-bond donors (Lipinski definition) is 0. The van der Waals surface area contributed by atoms with Crippen LogP contribution in [0.2, 0.25) is 0 Å². The van der Waals surface area contributed by atoms with Crippen LogP contribution in [0.3, 0.4) is 0 Å². The molecule has 0 spiro atoms. The maximum Gasteiger partial charge on any atom is 0.134 e. The van der Waals surface area contributed by atoms with E-state index in [0.717, 1.165) is 20.8 Å². The van der Waals surface area contributed by atoms with Gasteiger partial charge < -0.3 is 9.47 Å². The zero-order valence-corrected chi connectivity index (χ0v) is 11.0. The molecule has 0 atom stereocenters. The van der Waals surface area contributed by atoms with E-state index in [0.29, 0.717) is 6.61 Å². The van der Waals surface area contributed by atoms with Gasteiger partial charge in [-0.2, -0.15) is 0 Å². The minimum atomic E-state index is 0.537. The van der Waals surface area contributed by atoms with Crippen molar-refractivity contribution in [2.75, 3.05) is 7.11 Å². The number of rotatable bonds is 4. The molecule has 1 aromatic carbocycles. The Bertz CT molecular complexity index is 459. The Morgan fingerprint density at radius 2 is 2.31 bits per heavy atom. The number of halogens is 1. The van der Waals surface area contributed by atoms with E-state index < -0.39 is 0 Å². The highest BCUT2D eigenvalue weighted by molar-refractivity contribution is 9.10. The van der Waals surface area contributed by atoms with Crippen molar-refractivity contribution >= 4 is 27.3 Å². The normalized spacial score (nSPS) is 10.1. The predicted octanol–water partition coefficient (Wildman–Crippen LogP) is 3.49. The SMILES string of the molecule is COc1ccc(OCc2cncs2)c(Br)c1. The molecule has 1 heterocycles. The van der Waals surface area contributed by atoms with Crippen LogP contribution in [0.4, 0.5) is 0 Å². The molecule has 0 aliphatic heterocycles. The van der Waals surface area contributed by atoms with Gasteiger partial charge in [0.15, 0.2) is 0 Å². The lowest BCUT2D eigenvalue weighted by molar-refractivity contribution is 0.306. The van der Waals surface area contributed by atoms with Crippen LogP contribution < -0.4 is 9.47 Å². The van der Waals surface area contributed by atoms with Gasteiger partial charge >= 0.3 is 0 Å². The van der Waals surface area contributed by atoms with E-state index in [4.69, 9.17) is 9.47 Å². The molecule has 0 saturated heterocycles. The van der Waals surface area contributed by atoms with Crippen molar-refractivity contribution in [2.24, 2.45) is 0 Å². The van der Waals surface area contributed by atoms with Crippen LogP contribution in [0, 0.1) is 0 Å². The van der Waals surface area contributed by atoms with Gasteiger partial charge in [-0.25, -0.2) is 0 Å². The van der Waals surface area contributed by atoms with E-state index in [9.17, 15) is 0 Å². The third kappa shape index (κ3) is 2.74. The number of benzene rings is 1. The molecule has 0 unspecified atom stereocenters. The van der Waals surface area contributed by atoms with E-state index in [1.165, 1.54) is 0 Å². The molecular weight excluding hydrogens is 290 g/mol. The van der Waals surface area contributed by atoms with E-state index in [-0.39, 0.29) is 0 Å². The molecule has 1 aromatic heterocycles. The van der Waals surface area contributed by atoms with Gasteiger partial charge in [0.1, 0.15) is 18.1 Å². The molecule has 0 amide bonds. The van der Waals surface area contributed by atoms with Gasteiger partial charge in [0, 0.05) is 6.20 Å². The van der Waals surface area contributed by atoms with Crippen molar-refractivity contribution in [1.82, 2.24) is 4.98 Å². The molecule has 0 fully saturated rings. The summed E-state index contributed by atoms with van der Waals surface area (Å²) in [5, 5.41) is 0. The van der Waals surface area contributed by atoms with Gasteiger partial charge in [0.2, 0.25) is 0 Å². The topological polar surface area (TPSA) is 31.4 Å². The molecule has 2 rings (SSSR count). The number of nitrogens with zero attached hydrogens (tertiary/aromatic N) is 1. The summed E-state index contributed by atoms with van der Waals surface area (Å²) in [4.78, 5) is 5.09. The third-order valence-electron chi connectivity index (χ3n) is 1.99. The highest BCUT2D eigenvalue weighted by Crippen LogP contribution is 2.29. The summed E-state index contributed by atoms with van der Waals surface area (Å²) in [6, 6.07) is 5.62. The van der Waals surface area contributed by atoms with Crippen LogP contribution in [-0.4, -0.2) is 12.1 Å². The average Bonchev–Trinajstić information content (AvgIpc) is 2.80. The molecule has 0 radical (unpaired) electrons. The fraction of sp³-hybridized carbons (Fsp3) is 0.182. The minimum Gasteiger partial charge on any atom is -0.497 e. The number of thiazole rings is 1. The van der Waals surface area contributed by atoms with Crippen molar-refractivity contribution in [3.05, 3.63) is 39.3 Å². The van der Waals surface area contributed by atoms with Crippen LogP contribution in [0.1, 0.15) is 4.88 Å². The first-order valence-electron chi connectivity index (χ1n) is 4.63. The lowest BCUT2D eigenvalue weighted by Gasteiger charge is -2.08. The zero-order valence-electron chi connectivity index (χ0n) is 8.64. The van der Waals surface area contributed by atoms with Gasteiger partial charge in [-0.15, -0.1) is 11.3 Å². The Kier molecular flexibility index (Phi) is 3.79. The summed E-state index contributed by atoms with van der Waals surface area (Å²) < 4.78 is 11.6. The summed E-state index contributed by atoms with van der Waals surface area (Å²) in [5.74, 6) is 1.60. The lowest BCUT2D eigenvalue weighted by atomic mass is 10.3. The van der Waals surface area contributed by atoms with Crippen LogP contribution in [0.15, 0.2) is 34.4 Å². The monoisotopic (exact) mass is 299 g/mol. The molecule has 0 aliphatic carbocycles. The second-order valence-corrected chi connectivity index (χ2v) is 4.88. The molecule has 0 saturated carbocycles. The second-order valence-electron chi connectivity index (χ2n) is 3.05. The Morgan fingerprint density at radius 1 is 1.44 bits per heavy atom.